The van der Waals surface area contributed by atoms with Gasteiger partial charge in [0.25, 0.3) is 10.1 Å². The number of aryl methyl sites for hydroxylation is 1. The summed E-state index contributed by atoms with van der Waals surface area (Å²) < 4.78 is 36.9. The van der Waals surface area contributed by atoms with E-state index in [4.69, 9.17) is 9.29 Å². The standard InChI is InChI=1S/C24H34O5S.Na/c1-2-3-4-5-6-7-8-9-10-11-13-20-14-12-15-21(18-20)29-22-16-17-24(23(25)19-22)30(26,27)28;/h12,14-19,25H,2-11,13H2,1H3,(H,26,27,28);/q;+1/p-1. The van der Waals surface area contributed by atoms with Crippen molar-refractivity contribution in [1.82, 2.24) is 0 Å². The summed E-state index contributed by atoms with van der Waals surface area (Å²) in [6.45, 7) is 2.24. The summed E-state index contributed by atoms with van der Waals surface area (Å²) in [5, 5.41) is 11.8. The van der Waals surface area contributed by atoms with E-state index in [1.54, 1.807) is 6.07 Å². The Morgan fingerprint density at radius 3 is 2.00 bits per heavy atom. The van der Waals surface area contributed by atoms with Gasteiger partial charge in [0.05, 0.1) is 4.90 Å². The molecule has 0 heterocycles. The van der Waals surface area contributed by atoms with Crippen LogP contribution in [0.25, 0.3) is 0 Å². The second-order valence-electron chi connectivity index (χ2n) is 7.77. The topological polar surface area (TPSA) is 86.7 Å². The first-order valence-corrected chi connectivity index (χ1v) is 12.4. The van der Waals surface area contributed by atoms with Gasteiger partial charge in [-0.05, 0) is 48.7 Å². The Morgan fingerprint density at radius 2 is 1.42 bits per heavy atom. The van der Waals surface area contributed by atoms with Gasteiger partial charge < -0.3 is 9.84 Å². The number of benzene rings is 2. The fourth-order valence-electron chi connectivity index (χ4n) is 3.48. The third kappa shape index (κ3) is 10.9. The SMILES string of the molecule is CCCCCCCCCCCCc1cccc(Oc2ccc(S(=O)(=O)O)c([O-])c2)c1.[Na+]. The smallest absolute Gasteiger partial charge is 0.871 e. The molecule has 0 unspecified atom stereocenters. The first-order valence-electron chi connectivity index (χ1n) is 11.0. The molecule has 7 heteroatoms. The Kier molecular flexibility index (Phi) is 13.5. The summed E-state index contributed by atoms with van der Waals surface area (Å²) in [6.07, 6.45) is 14.0. The normalized spacial score (nSPS) is 11.2. The average molecular weight is 457 g/mol. The predicted molar refractivity (Wildman–Crippen MR) is 118 cm³/mol. The zero-order chi connectivity index (χ0) is 21.8. The van der Waals surface area contributed by atoms with Crippen molar-refractivity contribution in [2.45, 2.75) is 82.4 Å². The van der Waals surface area contributed by atoms with Crippen LogP contribution < -0.4 is 39.4 Å². The monoisotopic (exact) mass is 456 g/mol. The Balaban J connectivity index is 0.00000480. The van der Waals surface area contributed by atoms with Crippen molar-refractivity contribution in [3.05, 3.63) is 48.0 Å². The zero-order valence-electron chi connectivity index (χ0n) is 18.8. The van der Waals surface area contributed by atoms with Crippen LogP contribution in [0.15, 0.2) is 47.4 Å². The van der Waals surface area contributed by atoms with Crippen LogP contribution in [0, 0.1) is 0 Å². The minimum absolute atomic E-state index is 0. The molecule has 31 heavy (non-hydrogen) atoms. The number of ether oxygens (including phenoxy) is 1. The molecule has 5 nitrogen and oxygen atoms in total. The second kappa shape index (κ2) is 14.9. The van der Waals surface area contributed by atoms with Crippen molar-refractivity contribution in [2.24, 2.45) is 0 Å². The van der Waals surface area contributed by atoms with Gasteiger partial charge >= 0.3 is 29.6 Å². The molecule has 0 spiro atoms. The van der Waals surface area contributed by atoms with Crippen LogP contribution in [0.1, 0.15) is 76.7 Å². The maximum absolute atomic E-state index is 11.8. The molecular weight excluding hydrogens is 423 g/mol. The van der Waals surface area contributed by atoms with E-state index in [2.05, 4.69) is 13.0 Å². The van der Waals surface area contributed by atoms with E-state index in [1.807, 2.05) is 12.1 Å². The Bertz CT molecular complexity index is 883. The van der Waals surface area contributed by atoms with Gasteiger partial charge in [-0.2, -0.15) is 8.42 Å². The molecule has 0 aliphatic rings. The Morgan fingerprint density at radius 1 is 0.839 bits per heavy atom. The average Bonchev–Trinajstić information content (AvgIpc) is 2.69. The Labute approximate surface area is 209 Å². The second-order valence-corrected chi connectivity index (χ2v) is 9.16. The maximum Gasteiger partial charge on any atom is 1.00 e. The van der Waals surface area contributed by atoms with E-state index < -0.39 is 20.8 Å². The fraction of sp³-hybridized carbons (Fsp3) is 0.500. The molecule has 2 rings (SSSR count). The predicted octanol–water partition coefficient (Wildman–Crippen LogP) is 3.27. The van der Waals surface area contributed by atoms with Crippen molar-refractivity contribution in [3.63, 3.8) is 0 Å². The maximum atomic E-state index is 11.8. The fourth-order valence-corrected chi connectivity index (χ4v) is 4.04. The van der Waals surface area contributed by atoms with Crippen molar-refractivity contribution < 1.29 is 52.4 Å². The van der Waals surface area contributed by atoms with E-state index >= 15 is 0 Å². The van der Waals surface area contributed by atoms with Crippen LogP contribution in [-0.4, -0.2) is 13.0 Å². The van der Waals surface area contributed by atoms with Gasteiger partial charge in [0.2, 0.25) is 0 Å². The van der Waals surface area contributed by atoms with Gasteiger partial charge in [-0.25, -0.2) is 0 Å². The van der Waals surface area contributed by atoms with Crippen LogP contribution in [-0.2, 0) is 16.5 Å². The number of hydrogen-bond acceptors (Lipinski definition) is 4. The van der Waals surface area contributed by atoms with Gasteiger partial charge in [0, 0.05) is 0 Å². The molecule has 2 aromatic rings. The van der Waals surface area contributed by atoms with Crippen molar-refractivity contribution in [2.75, 3.05) is 0 Å². The first-order chi connectivity index (χ1) is 14.4. The molecule has 0 aliphatic heterocycles. The molecule has 166 valence electrons. The first kappa shape index (κ1) is 28.0. The summed E-state index contributed by atoms with van der Waals surface area (Å²) in [5.74, 6) is 0.0404. The quantitative estimate of drug-likeness (QED) is 0.268. The molecule has 0 atom stereocenters. The third-order valence-corrected chi connectivity index (χ3v) is 6.04. The molecule has 0 aromatic heterocycles. The molecule has 0 fully saturated rings. The van der Waals surface area contributed by atoms with Crippen LogP contribution in [0.3, 0.4) is 0 Å². The van der Waals surface area contributed by atoms with E-state index in [0.717, 1.165) is 25.0 Å². The summed E-state index contributed by atoms with van der Waals surface area (Å²) in [4.78, 5) is -0.649. The molecule has 0 saturated carbocycles. The molecular formula is C24H33NaO5S. The number of rotatable bonds is 14. The van der Waals surface area contributed by atoms with E-state index in [-0.39, 0.29) is 35.3 Å². The van der Waals surface area contributed by atoms with Crippen molar-refractivity contribution in [3.8, 4) is 17.2 Å². The van der Waals surface area contributed by atoms with Crippen molar-refractivity contribution >= 4 is 10.1 Å². The van der Waals surface area contributed by atoms with E-state index in [0.29, 0.717) is 5.75 Å². The molecule has 0 amide bonds. The molecule has 0 aliphatic carbocycles. The minimum atomic E-state index is -4.52. The molecule has 1 N–H and O–H groups in total. The largest absolute Gasteiger partial charge is 1.00 e. The third-order valence-electron chi connectivity index (χ3n) is 5.15. The number of unbranched alkanes of at least 4 members (excludes halogenated alkanes) is 9. The van der Waals surface area contributed by atoms with Gasteiger partial charge in [-0.3, -0.25) is 4.55 Å². The summed E-state index contributed by atoms with van der Waals surface area (Å²) >= 11 is 0. The Hall–Kier alpha value is -1.05. The van der Waals surface area contributed by atoms with Gasteiger partial charge in [0.15, 0.2) is 0 Å². The summed E-state index contributed by atoms with van der Waals surface area (Å²) in [7, 11) is -4.52. The number of hydrogen-bond donors (Lipinski definition) is 1. The van der Waals surface area contributed by atoms with Gasteiger partial charge in [-0.1, -0.05) is 82.6 Å². The summed E-state index contributed by atoms with van der Waals surface area (Å²) in [5.41, 5.74) is 1.17. The molecule has 2 aromatic carbocycles. The minimum Gasteiger partial charge on any atom is -0.871 e. The van der Waals surface area contributed by atoms with E-state index in [9.17, 15) is 13.5 Å². The van der Waals surface area contributed by atoms with Crippen LogP contribution in [0.2, 0.25) is 0 Å². The van der Waals surface area contributed by atoms with Gasteiger partial charge in [-0.15, -0.1) is 0 Å². The van der Waals surface area contributed by atoms with Crippen LogP contribution in [0.5, 0.6) is 17.2 Å². The van der Waals surface area contributed by atoms with E-state index in [1.165, 1.54) is 69.4 Å². The molecule has 0 bridgehead atoms. The van der Waals surface area contributed by atoms with Crippen LogP contribution in [0.4, 0.5) is 0 Å². The molecule has 0 radical (unpaired) electrons. The van der Waals surface area contributed by atoms with Gasteiger partial charge in [0.1, 0.15) is 11.5 Å². The van der Waals surface area contributed by atoms with Crippen LogP contribution >= 0.6 is 0 Å². The summed E-state index contributed by atoms with van der Waals surface area (Å²) in [6, 6.07) is 11.2. The zero-order valence-corrected chi connectivity index (χ0v) is 21.6. The molecule has 0 saturated heterocycles. The van der Waals surface area contributed by atoms with Crippen molar-refractivity contribution in [1.29, 1.82) is 0 Å².